The number of ether oxygens (including phenoxy) is 1. The molecule has 0 aliphatic heterocycles. The second kappa shape index (κ2) is 9.23. The van der Waals surface area contributed by atoms with Crippen molar-refractivity contribution in [1.29, 1.82) is 0 Å². The van der Waals surface area contributed by atoms with Gasteiger partial charge >= 0.3 is 0 Å². The van der Waals surface area contributed by atoms with Crippen molar-refractivity contribution in [3.05, 3.63) is 60.2 Å². The number of nitrogens with zero attached hydrogens (tertiary/aromatic N) is 2. The van der Waals surface area contributed by atoms with Crippen molar-refractivity contribution < 1.29 is 9.53 Å². The van der Waals surface area contributed by atoms with Crippen molar-refractivity contribution in [2.24, 2.45) is 0 Å². The van der Waals surface area contributed by atoms with Crippen LogP contribution in [0.4, 0.5) is 0 Å². The van der Waals surface area contributed by atoms with Crippen molar-refractivity contribution in [3.63, 3.8) is 0 Å². The van der Waals surface area contributed by atoms with Crippen molar-refractivity contribution in [2.75, 3.05) is 19.4 Å². The standard InChI is InChI=1S/C20H22N4O2S/c1-14(15-6-4-3-5-7-15)12-21-18(25)13-27-20-22-19(23-24-20)16-8-10-17(26-2)11-9-16/h3-11,14H,12-13H2,1-2H3,(H,21,25)(H,22,23,24). The van der Waals surface area contributed by atoms with Gasteiger partial charge in [-0.2, -0.15) is 0 Å². The Bertz CT molecular complexity index is 865. The molecule has 0 fully saturated rings. The molecule has 1 amide bonds. The van der Waals surface area contributed by atoms with E-state index in [1.807, 2.05) is 42.5 Å². The molecule has 0 radical (unpaired) electrons. The van der Waals surface area contributed by atoms with E-state index in [9.17, 15) is 4.79 Å². The fraction of sp³-hybridized carbons (Fsp3) is 0.250. The summed E-state index contributed by atoms with van der Waals surface area (Å²) < 4.78 is 5.15. The summed E-state index contributed by atoms with van der Waals surface area (Å²) >= 11 is 1.31. The fourth-order valence-corrected chi connectivity index (χ4v) is 3.16. The fourth-order valence-electron chi connectivity index (χ4n) is 2.54. The Morgan fingerprint density at radius 2 is 1.93 bits per heavy atom. The highest BCUT2D eigenvalue weighted by Gasteiger charge is 2.11. The number of aromatic nitrogens is 3. The third kappa shape index (κ3) is 5.34. The first-order valence-corrected chi connectivity index (χ1v) is 9.65. The lowest BCUT2D eigenvalue weighted by Gasteiger charge is -2.12. The lowest BCUT2D eigenvalue weighted by Crippen LogP contribution is -2.29. The van der Waals surface area contributed by atoms with E-state index in [1.54, 1.807) is 7.11 Å². The van der Waals surface area contributed by atoms with Crippen LogP contribution in [0.1, 0.15) is 18.4 Å². The second-order valence-electron chi connectivity index (χ2n) is 6.10. The van der Waals surface area contributed by atoms with Gasteiger partial charge in [0.25, 0.3) is 0 Å². The van der Waals surface area contributed by atoms with Gasteiger partial charge in [-0.3, -0.25) is 9.89 Å². The summed E-state index contributed by atoms with van der Waals surface area (Å²) in [5.41, 5.74) is 2.12. The van der Waals surface area contributed by atoms with Gasteiger partial charge in [0.05, 0.1) is 12.9 Å². The zero-order chi connectivity index (χ0) is 19.1. The van der Waals surface area contributed by atoms with Crippen molar-refractivity contribution in [2.45, 2.75) is 18.0 Å². The number of carbonyl (C=O) groups excluding carboxylic acids is 1. The summed E-state index contributed by atoms with van der Waals surface area (Å²) in [6.07, 6.45) is 0. The van der Waals surface area contributed by atoms with Gasteiger partial charge in [0.15, 0.2) is 5.82 Å². The molecule has 0 saturated heterocycles. The number of amides is 1. The van der Waals surface area contributed by atoms with E-state index in [1.165, 1.54) is 17.3 Å². The Hall–Kier alpha value is -2.80. The van der Waals surface area contributed by atoms with E-state index in [0.717, 1.165) is 11.3 Å². The highest BCUT2D eigenvalue weighted by Crippen LogP contribution is 2.21. The van der Waals surface area contributed by atoms with E-state index >= 15 is 0 Å². The maximum Gasteiger partial charge on any atom is 0.230 e. The average molecular weight is 382 g/mol. The van der Waals surface area contributed by atoms with E-state index in [4.69, 9.17) is 4.74 Å². The van der Waals surface area contributed by atoms with Crippen LogP contribution in [0.15, 0.2) is 59.8 Å². The summed E-state index contributed by atoms with van der Waals surface area (Å²) in [4.78, 5) is 16.5. The van der Waals surface area contributed by atoms with Gasteiger partial charge in [-0.15, -0.1) is 5.10 Å². The van der Waals surface area contributed by atoms with E-state index < -0.39 is 0 Å². The molecule has 0 saturated carbocycles. The number of carbonyl (C=O) groups is 1. The maximum atomic E-state index is 12.1. The molecular weight excluding hydrogens is 360 g/mol. The number of methoxy groups -OCH3 is 1. The summed E-state index contributed by atoms with van der Waals surface area (Å²) in [6, 6.07) is 17.7. The Morgan fingerprint density at radius 3 is 2.63 bits per heavy atom. The van der Waals surface area contributed by atoms with Crippen molar-refractivity contribution in [3.8, 4) is 17.1 Å². The molecule has 3 aromatic rings. The summed E-state index contributed by atoms with van der Waals surface area (Å²) in [5.74, 6) is 1.97. The number of hydrogen-bond acceptors (Lipinski definition) is 5. The van der Waals surface area contributed by atoms with E-state index in [-0.39, 0.29) is 17.6 Å². The molecule has 1 heterocycles. The quantitative estimate of drug-likeness (QED) is 0.583. The summed E-state index contributed by atoms with van der Waals surface area (Å²) in [7, 11) is 1.63. The molecule has 0 bridgehead atoms. The molecule has 2 aromatic carbocycles. The molecule has 1 aromatic heterocycles. The van der Waals surface area contributed by atoms with Gasteiger partial charge in [0, 0.05) is 12.1 Å². The van der Waals surface area contributed by atoms with Crippen LogP contribution in [0.2, 0.25) is 0 Å². The number of benzene rings is 2. The van der Waals surface area contributed by atoms with Crippen LogP contribution in [-0.4, -0.2) is 40.5 Å². The number of rotatable bonds is 8. The SMILES string of the molecule is COc1ccc(-c2nc(SCC(=O)NCC(C)c3ccccc3)n[nH]2)cc1. The van der Waals surface area contributed by atoms with Crippen LogP contribution >= 0.6 is 11.8 Å². The van der Waals surface area contributed by atoms with Crippen molar-refractivity contribution in [1.82, 2.24) is 20.5 Å². The van der Waals surface area contributed by atoms with Crippen LogP contribution in [0.3, 0.4) is 0 Å². The maximum absolute atomic E-state index is 12.1. The Labute approximate surface area is 162 Å². The van der Waals surface area contributed by atoms with Gasteiger partial charge in [-0.05, 0) is 35.7 Å². The highest BCUT2D eigenvalue weighted by molar-refractivity contribution is 7.99. The molecule has 27 heavy (non-hydrogen) atoms. The van der Waals surface area contributed by atoms with Gasteiger partial charge in [0.2, 0.25) is 11.1 Å². The number of thioether (sulfide) groups is 1. The average Bonchev–Trinajstić information content (AvgIpc) is 3.20. The molecule has 2 N–H and O–H groups in total. The summed E-state index contributed by atoms with van der Waals surface area (Å²) in [6.45, 7) is 2.70. The largest absolute Gasteiger partial charge is 0.497 e. The molecular formula is C20H22N4O2S. The van der Waals surface area contributed by atoms with Crippen LogP contribution < -0.4 is 10.1 Å². The lowest BCUT2D eigenvalue weighted by molar-refractivity contribution is -0.118. The van der Waals surface area contributed by atoms with Crippen LogP contribution in [0.5, 0.6) is 5.75 Å². The monoisotopic (exact) mass is 382 g/mol. The van der Waals surface area contributed by atoms with Gasteiger partial charge in [-0.1, -0.05) is 49.0 Å². The first-order chi connectivity index (χ1) is 13.2. The van der Waals surface area contributed by atoms with Gasteiger partial charge < -0.3 is 10.1 Å². The number of aromatic amines is 1. The minimum atomic E-state index is -0.0291. The van der Waals surface area contributed by atoms with Crippen LogP contribution in [0, 0.1) is 0 Å². The smallest absolute Gasteiger partial charge is 0.230 e. The Kier molecular flexibility index (Phi) is 6.49. The molecule has 0 aliphatic carbocycles. The minimum absolute atomic E-state index is 0.0291. The second-order valence-corrected chi connectivity index (χ2v) is 7.04. The third-order valence-electron chi connectivity index (χ3n) is 4.13. The molecule has 6 nitrogen and oxygen atoms in total. The Balaban J connectivity index is 1.47. The van der Waals surface area contributed by atoms with Gasteiger partial charge in [-0.25, -0.2) is 4.98 Å². The molecule has 7 heteroatoms. The number of hydrogen-bond donors (Lipinski definition) is 2. The van der Waals surface area contributed by atoms with Crippen LogP contribution in [0.25, 0.3) is 11.4 Å². The van der Waals surface area contributed by atoms with Gasteiger partial charge in [0.1, 0.15) is 5.75 Å². The molecule has 3 rings (SSSR count). The first-order valence-electron chi connectivity index (χ1n) is 8.67. The van der Waals surface area contributed by atoms with E-state index in [0.29, 0.717) is 17.5 Å². The molecule has 1 atom stereocenters. The van der Waals surface area contributed by atoms with Crippen LogP contribution in [-0.2, 0) is 4.79 Å². The molecule has 140 valence electrons. The lowest BCUT2D eigenvalue weighted by atomic mass is 10.0. The predicted octanol–water partition coefficient (Wildman–Crippen LogP) is 3.49. The summed E-state index contributed by atoms with van der Waals surface area (Å²) in [5, 5.41) is 10.6. The van der Waals surface area contributed by atoms with E-state index in [2.05, 4.69) is 39.6 Å². The molecule has 0 aliphatic rings. The zero-order valence-corrected chi connectivity index (χ0v) is 16.1. The molecule has 0 spiro atoms. The highest BCUT2D eigenvalue weighted by atomic mass is 32.2. The zero-order valence-electron chi connectivity index (χ0n) is 15.3. The number of H-pyrrole nitrogens is 1. The number of nitrogens with one attached hydrogen (secondary N) is 2. The third-order valence-corrected chi connectivity index (χ3v) is 4.98. The Morgan fingerprint density at radius 1 is 1.19 bits per heavy atom. The molecule has 1 unspecified atom stereocenters. The predicted molar refractivity (Wildman–Crippen MR) is 107 cm³/mol. The first kappa shape index (κ1) is 19.0. The minimum Gasteiger partial charge on any atom is -0.497 e. The normalized spacial score (nSPS) is 11.8. The topological polar surface area (TPSA) is 79.9 Å². The van der Waals surface area contributed by atoms with Crippen molar-refractivity contribution >= 4 is 17.7 Å².